The fraction of sp³-hybridized carbons (Fsp3) is 0.952. The predicted octanol–water partition coefficient (Wildman–Crippen LogP) is -3.80. The number of nitrogens with one attached hydrogen (secondary N) is 2. The summed E-state index contributed by atoms with van der Waals surface area (Å²) in [5, 5.41) is 37.8. The molecule has 3 aliphatic rings. The molecule has 1 saturated carbocycles. The minimum Gasteiger partial charge on any atom is -0.388 e. The van der Waals surface area contributed by atoms with Gasteiger partial charge in [-0.2, -0.15) is 0 Å². The maximum absolute atomic E-state index is 11.2. The van der Waals surface area contributed by atoms with Crippen LogP contribution in [0.2, 0.25) is 0 Å². The van der Waals surface area contributed by atoms with Crippen LogP contribution >= 0.6 is 0 Å². The lowest BCUT2D eigenvalue weighted by Crippen LogP contribution is -2.68. The second kappa shape index (κ2) is 11.4. The summed E-state index contributed by atoms with van der Waals surface area (Å²) in [4.78, 5) is 11.2. The van der Waals surface area contributed by atoms with Crippen LogP contribution in [0.5, 0.6) is 0 Å². The van der Waals surface area contributed by atoms with Crippen molar-refractivity contribution in [2.24, 2.45) is 17.2 Å². The maximum Gasteiger partial charge on any atom is 0.216 e. The first-order valence-corrected chi connectivity index (χ1v) is 11.8. The van der Waals surface area contributed by atoms with Gasteiger partial charge in [-0.3, -0.25) is 4.79 Å². The fourth-order valence-corrected chi connectivity index (χ4v) is 4.93. The zero-order chi connectivity index (χ0) is 25.2. The third kappa shape index (κ3) is 6.23. The van der Waals surface area contributed by atoms with E-state index >= 15 is 0 Å². The number of aliphatic hydroxyl groups is 3. The number of carbonyl (C=O) groups is 1. The molecule has 12 unspecified atom stereocenters. The first-order chi connectivity index (χ1) is 15.9. The van der Waals surface area contributed by atoms with Gasteiger partial charge in [-0.1, -0.05) is 0 Å². The lowest BCUT2D eigenvalue weighted by atomic mass is 9.84. The van der Waals surface area contributed by atoms with Gasteiger partial charge < -0.3 is 62.1 Å². The van der Waals surface area contributed by atoms with Crippen LogP contribution in [0, 0.1) is 0 Å². The largest absolute Gasteiger partial charge is 0.388 e. The molecule has 2 saturated heterocycles. The number of hydrogen-bond acceptors (Lipinski definition) is 12. The summed E-state index contributed by atoms with van der Waals surface area (Å²) in [6.45, 7) is 3.21. The van der Waals surface area contributed by atoms with E-state index in [9.17, 15) is 20.1 Å². The maximum atomic E-state index is 11.2. The van der Waals surface area contributed by atoms with Crippen LogP contribution in [0.3, 0.4) is 0 Å². The molecule has 0 aromatic heterocycles. The Labute approximate surface area is 199 Å². The monoisotopic (exact) mass is 491 g/mol. The van der Waals surface area contributed by atoms with E-state index in [1.807, 2.05) is 0 Å². The molecule has 3 rings (SSSR count). The van der Waals surface area contributed by atoms with Crippen LogP contribution in [0.4, 0.5) is 0 Å². The number of ether oxygens (including phenoxy) is 4. The Kier molecular flexibility index (Phi) is 9.25. The predicted molar refractivity (Wildman–Crippen MR) is 120 cm³/mol. The molecule has 12 atom stereocenters. The number of amides is 1. The SMILES string of the molecule is CNC1C(O)C(OC2C(N)CC(N)C(OC3OC(CNC(C)=O)CCC3N)C2O)OCC1(C)O. The molecule has 0 spiro atoms. The average Bonchev–Trinajstić information content (AvgIpc) is 2.75. The Morgan fingerprint density at radius 1 is 1.06 bits per heavy atom. The van der Waals surface area contributed by atoms with E-state index in [0.717, 1.165) is 0 Å². The van der Waals surface area contributed by atoms with Crippen molar-refractivity contribution in [1.82, 2.24) is 10.6 Å². The Morgan fingerprint density at radius 3 is 2.26 bits per heavy atom. The van der Waals surface area contributed by atoms with Crippen LogP contribution < -0.4 is 27.8 Å². The van der Waals surface area contributed by atoms with Gasteiger partial charge in [0.15, 0.2) is 12.6 Å². The van der Waals surface area contributed by atoms with Gasteiger partial charge >= 0.3 is 0 Å². The molecule has 0 radical (unpaired) electrons. The Balaban J connectivity index is 1.66. The summed E-state index contributed by atoms with van der Waals surface area (Å²) in [5.74, 6) is -0.163. The molecule has 34 heavy (non-hydrogen) atoms. The van der Waals surface area contributed by atoms with Crippen molar-refractivity contribution >= 4 is 5.91 Å². The van der Waals surface area contributed by atoms with Crippen molar-refractivity contribution in [3.8, 4) is 0 Å². The van der Waals surface area contributed by atoms with Gasteiger partial charge in [-0.05, 0) is 33.2 Å². The van der Waals surface area contributed by atoms with Gasteiger partial charge in [0.2, 0.25) is 5.91 Å². The number of carbonyl (C=O) groups excluding carboxylic acids is 1. The van der Waals surface area contributed by atoms with Crippen molar-refractivity contribution in [2.75, 3.05) is 20.2 Å². The van der Waals surface area contributed by atoms with Gasteiger partial charge in [0, 0.05) is 25.6 Å². The van der Waals surface area contributed by atoms with E-state index in [-0.39, 0.29) is 25.0 Å². The van der Waals surface area contributed by atoms with Crippen LogP contribution in [0.15, 0.2) is 0 Å². The van der Waals surface area contributed by atoms with Crippen molar-refractivity contribution < 1.29 is 39.1 Å². The summed E-state index contributed by atoms with van der Waals surface area (Å²) in [6, 6.07) is -2.42. The number of nitrogens with two attached hydrogens (primary N) is 3. The third-order valence-electron chi connectivity index (χ3n) is 6.86. The molecule has 1 aliphatic carbocycles. The molecular weight excluding hydrogens is 450 g/mol. The first-order valence-electron chi connectivity index (χ1n) is 11.8. The molecule has 0 aromatic rings. The molecule has 2 heterocycles. The number of hydrogen-bond donors (Lipinski definition) is 8. The zero-order valence-corrected chi connectivity index (χ0v) is 20.0. The molecule has 11 N–H and O–H groups in total. The summed E-state index contributed by atoms with van der Waals surface area (Å²) in [6.07, 6.45) is -5.03. The lowest BCUT2D eigenvalue weighted by molar-refractivity contribution is -0.306. The van der Waals surface area contributed by atoms with E-state index in [1.165, 1.54) is 6.92 Å². The van der Waals surface area contributed by atoms with Gasteiger partial charge in [-0.25, -0.2) is 0 Å². The lowest BCUT2D eigenvalue weighted by Gasteiger charge is -2.48. The quantitative estimate of drug-likeness (QED) is 0.172. The Morgan fingerprint density at radius 2 is 1.68 bits per heavy atom. The molecule has 13 heteroatoms. The van der Waals surface area contributed by atoms with Crippen LogP contribution in [0.25, 0.3) is 0 Å². The van der Waals surface area contributed by atoms with Crippen molar-refractivity contribution in [2.45, 2.75) is 106 Å². The fourth-order valence-electron chi connectivity index (χ4n) is 4.93. The topological polar surface area (TPSA) is 217 Å². The minimum atomic E-state index is -1.31. The highest BCUT2D eigenvalue weighted by atomic mass is 16.7. The van der Waals surface area contributed by atoms with E-state index in [2.05, 4.69) is 10.6 Å². The summed E-state index contributed by atoms with van der Waals surface area (Å²) >= 11 is 0. The Bertz CT molecular complexity index is 688. The summed E-state index contributed by atoms with van der Waals surface area (Å²) < 4.78 is 23.4. The molecular formula is C21H41N5O8. The van der Waals surface area contributed by atoms with E-state index in [4.69, 9.17) is 36.1 Å². The minimum absolute atomic E-state index is 0.0851. The zero-order valence-electron chi connectivity index (χ0n) is 20.0. The second-order valence-corrected chi connectivity index (χ2v) is 9.85. The Hall–Kier alpha value is -0.970. The standard InChI is InChI=1S/C21H41N5O8/c1-9(27)26-7-10-4-5-11(22)19(32-10)33-16-12(23)6-13(24)17(14(16)28)34-20-15(29)18(25-3)21(2,30)8-31-20/h10-20,25,28-30H,4-8,22-24H2,1-3H3,(H,26,27). The highest BCUT2D eigenvalue weighted by molar-refractivity contribution is 5.72. The van der Waals surface area contributed by atoms with E-state index in [0.29, 0.717) is 19.4 Å². The smallest absolute Gasteiger partial charge is 0.216 e. The van der Waals surface area contributed by atoms with E-state index in [1.54, 1.807) is 14.0 Å². The van der Waals surface area contributed by atoms with Gasteiger partial charge in [0.25, 0.3) is 0 Å². The first kappa shape index (κ1) is 27.6. The molecule has 13 nitrogen and oxygen atoms in total. The number of likely N-dealkylation sites (N-methyl/N-ethyl adjacent to an activating group) is 1. The van der Waals surface area contributed by atoms with Gasteiger partial charge in [0.05, 0.1) is 24.8 Å². The van der Waals surface area contributed by atoms with Crippen molar-refractivity contribution in [3.05, 3.63) is 0 Å². The average molecular weight is 492 g/mol. The third-order valence-corrected chi connectivity index (χ3v) is 6.86. The molecule has 198 valence electrons. The molecule has 2 aliphatic heterocycles. The summed E-state index contributed by atoms with van der Waals surface area (Å²) in [7, 11) is 1.61. The molecule has 0 bridgehead atoms. The van der Waals surface area contributed by atoms with Gasteiger partial charge in [-0.15, -0.1) is 0 Å². The van der Waals surface area contributed by atoms with Crippen molar-refractivity contribution in [3.63, 3.8) is 0 Å². The van der Waals surface area contributed by atoms with E-state index < -0.39 is 66.8 Å². The van der Waals surface area contributed by atoms with Crippen LogP contribution in [-0.2, 0) is 23.7 Å². The highest BCUT2D eigenvalue weighted by Crippen LogP contribution is 2.31. The molecule has 3 fully saturated rings. The van der Waals surface area contributed by atoms with Gasteiger partial charge in [0.1, 0.15) is 30.0 Å². The second-order valence-electron chi connectivity index (χ2n) is 9.85. The number of aliphatic hydroxyl groups excluding tert-OH is 2. The van der Waals surface area contributed by atoms with Crippen LogP contribution in [-0.4, -0.2) is 114 Å². The highest BCUT2D eigenvalue weighted by Gasteiger charge is 2.50. The normalized spacial score (nSPS) is 47.9. The van der Waals surface area contributed by atoms with Crippen LogP contribution in [0.1, 0.15) is 33.1 Å². The number of rotatable bonds is 7. The summed E-state index contributed by atoms with van der Waals surface area (Å²) in [5.41, 5.74) is 17.4. The molecule has 1 amide bonds. The molecule has 0 aromatic carbocycles. The van der Waals surface area contributed by atoms with Crippen molar-refractivity contribution in [1.29, 1.82) is 0 Å².